The lowest BCUT2D eigenvalue weighted by molar-refractivity contribution is -0.146. The van der Waals surface area contributed by atoms with Gasteiger partial charge in [-0.1, -0.05) is 13.8 Å². The van der Waals surface area contributed by atoms with Crippen molar-refractivity contribution in [1.82, 2.24) is 5.32 Å². The number of esters is 1. The maximum atomic E-state index is 12.2. The zero-order chi connectivity index (χ0) is 15.4. The summed E-state index contributed by atoms with van der Waals surface area (Å²) < 4.78 is 10.1. The minimum atomic E-state index is -0.396. The van der Waals surface area contributed by atoms with Crippen LogP contribution in [0, 0.1) is 29.6 Å². The molecule has 0 aromatic rings. The Bertz CT molecular complexity index is 382. The summed E-state index contributed by atoms with van der Waals surface area (Å²) in [5.74, 6) is 2.20. The molecule has 2 rings (SSSR count). The Morgan fingerprint density at radius 2 is 1.90 bits per heavy atom. The third-order valence-corrected chi connectivity index (χ3v) is 5.34. The lowest BCUT2D eigenvalue weighted by Gasteiger charge is -2.30. The van der Waals surface area contributed by atoms with E-state index < -0.39 is 5.97 Å². The van der Waals surface area contributed by atoms with Crippen molar-refractivity contribution in [3.63, 3.8) is 0 Å². The van der Waals surface area contributed by atoms with E-state index >= 15 is 0 Å². The highest BCUT2D eigenvalue weighted by Gasteiger charge is 2.50. The Morgan fingerprint density at radius 3 is 2.52 bits per heavy atom. The van der Waals surface area contributed by atoms with Crippen molar-refractivity contribution in [3.8, 4) is 0 Å². The van der Waals surface area contributed by atoms with Gasteiger partial charge in [-0.15, -0.1) is 0 Å². The third kappa shape index (κ3) is 3.76. The van der Waals surface area contributed by atoms with E-state index in [1.165, 1.54) is 6.42 Å². The smallest absolute Gasteiger partial charge is 0.325 e. The van der Waals surface area contributed by atoms with E-state index in [1.54, 1.807) is 0 Å². The Morgan fingerprint density at radius 1 is 1.14 bits per heavy atom. The number of amides is 1. The van der Waals surface area contributed by atoms with Crippen LogP contribution in [0.5, 0.6) is 0 Å². The van der Waals surface area contributed by atoms with Crippen LogP contribution in [0.3, 0.4) is 0 Å². The molecule has 2 fully saturated rings. The van der Waals surface area contributed by atoms with Crippen molar-refractivity contribution in [2.75, 3.05) is 26.4 Å². The Kier molecular flexibility index (Phi) is 5.62. The fraction of sp³-hybridized carbons (Fsp3) is 0.875. The van der Waals surface area contributed by atoms with Crippen LogP contribution < -0.4 is 5.32 Å². The molecular formula is C16H27NO4. The van der Waals surface area contributed by atoms with Crippen LogP contribution in [0.15, 0.2) is 0 Å². The highest BCUT2D eigenvalue weighted by atomic mass is 16.6. The number of hydrogen-bond donors (Lipinski definition) is 1. The van der Waals surface area contributed by atoms with Crippen molar-refractivity contribution in [2.45, 2.75) is 33.6 Å². The van der Waals surface area contributed by atoms with Crippen LogP contribution in [-0.4, -0.2) is 38.2 Å². The first kappa shape index (κ1) is 16.3. The van der Waals surface area contributed by atoms with Gasteiger partial charge < -0.3 is 14.8 Å². The summed E-state index contributed by atoms with van der Waals surface area (Å²) in [5, 5.41) is 2.73. The number of carbonyl (C=O) groups excluding carboxylic acids is 2. The van der Waals surface area contributed by atoms with Crippen molar-refractivity contribution >= 4 is 11.9 Å². The second-order valence-electron chi connectivity index (χ2n) is 6.36. The number of ether oxygens (including phenoxy) is 2. The van der Waals surface area contributed by atoms with Crippen LogP contribution in [-0.2, 0) is 19.1 Å². The van der Waals surface area contributed by atoms with E-state index in [0.717, 1.165) is 12.3 Å². The zero-order valence-corrected chi connectivity index (χ0v) is 13.3. The van der Waals surface area contributed by atoms with E-state index in [-0.39, 0.29) is 25.0 Å². The van der Waals surface area contributed by atoms with Crippen molar-refractivity contribution in [2.24, 2.45) is 29.6 Å². The minimum Gasteiger partial charge on any atom is -0.462 e. The van der Waals surface area contributed by atoms with Gasteiger partial charge in [0.25, 0.3) is 0 Å². The molecule has 0 saturated heterocycles. The third-order valence-electron chi connectivity index (χ3n) is 5.34. The summed E-state index contributed by atoms with van der Waals surface area (Å²) >= 11 is 0. The second kappa shape index (κ2) is 7.25. The Labute approximate surface area is 126 Å². The van der Waals surface area contributed by atoms with Gasteiger partial charge in [0.2, 0.25) is 5.91 Å². The highest BCUT2D eigenvalue weighted by molar-refractivity contribution is 5.84. The average molecular weight is 297 g/mol. The van der Waals surface area contributed by atoms with E-state index in [0.29, 0.717) is 31.0 Å². The summed E-state index contributed by atoms with van der Waals surface area (Å²) in [4.78, 5) is 23.7. The summed E-state index contributed by atoms with van der Waals surface area (Å²) in [5.41, 5.74) is 0. The predicted molar refractivity (Wildman–Crippen MR) is 78.5 cm³/mol. The van der Waals surface area contributed by atoms with Crippen molar-refractivity contribution in [3.05, 3.63) is 0 Å². The maximum Gasteiger partial charge on any atom is 0.325 e. The second-order valence-corrected chi connectivity index (χ2v) is 6.36. The molecule has 1 N–H and O–H groups in total. The normalized spacial score (nSPS) is 34.0. The maximum absolute atomic E-state index is 12.2. The topological polar surface area (TPSA) is 64.6 Å². The molecular weight excluding hydrogens is 270 g/mol. The molecule has 5 heteroatoms. The van der Waals surface area contributed by atoms with E-state index in [4.69, 9.17) is 9.47 Å². The number of hydrogen-bond acceptors (Lipinski definition) is 4. The van der Waals surface area contributed by atoms with Gasteiger partial charge in [0, 0.05) is 12.5 Å². The predicted octanol–water partition coefficient (Wildman–Crippen LogP) is 1.61. The molecule has 0 aromatic carbocycles. The largest absolute Gasteiger partial charge is 0.462 e. The fourth-order valence-electron chi connectivity index (χ4n) is 3.94. The molecule has 0 radical (unpaired) electrons. The molecule has 0 spiro atoms. The van der Waals surface area contributed by atoms with Crippen LogP contribution in [0.25, 0.3) is 0 Å². The lowest BCUT2D eigenvalue weighted by atomic mass is 9.75. The quantitative estimate of drug-likeness (QED) is 0.573. The van der Waals surface area contributed by atoms with Gasteiger partial charge in [-0.25, -0.2) is 0 Å². The van der Waals surface area contributed by atoms with E-state index in [9.17, 15) is 9.59 Å². The molecule has 5 unspecified atom stereocenters. The molecule has 1 amide bonds. The molecule has 5 nitrogen and oxygen atoms in total. The van der Waals surface area contributed by atoms with Gasteiger partial charge in [0.05, 0.1) is 6.61 Å². The number of nitrogens with one attached hydrogen (secondary N) is 1. The van der Waals surface area contributed by atoms with Gasteiger partial charge in [-0.05, 0) is 43.4 Å². The molecule has 2 aliphatic carbocycles. The number of fused-ring (bicyclic) bond motifs is 2. The molecule has 2 saturated carbocycles. The van der Waals surface area contributed by atoms with Crippen LogP contribution >= 0.6 is 0 Å². The molecule has 120 valence electrons. The summed E-state index contributed by atoms with van der Waals surface area (Å²) in [7, 11) is 0. The number of rotatable bonds is 7. The van der Waals surface area contributed by atoms with Crippen LogP contribution in [0.2, 0.25) is 0 Å². The average Bonchev–Trinajstić information content (AvgIpc) is 3.02. The fourth-order valence-corrected chi connectivity index (χ4v) is 3.94. The number of carbonyl (C=O) groups is 2. The zero-order valence-electron chi connectivity index (χ0n) is 13.3. The van der Waals surface area contributed by atoms with E-state index in [2.05, 4.69) is 19.2 Å². The molecule has 21 heavy (non-hydrogen) atoms. The van der Waals surface area contributed by atoms with Gasteiger partial charge in [-0.3, -0.25) is 9.59 Å². The molecule has 2 bridgehead atoms. The van der Waals surface area contributed by atoms with Gasteiger partial charge in [-0.2, -0.15) is 0 Å². The van der Waals surface area contributed by atoms with Crippen molar-refractivity contribution in [1.29, 1.82) is 0 Å². The molecule has 0 aromatic heterocycles. The molecule has 0 heterocycles. The van der Waals surface area contributed by atoms with Gasteiger partial charge >= 0.3 is 5.97 Å². The molecule has 2 aliphatic rings. The van der Waals surface area contributed by atoms with Crippen LogP contribution in [0.4, 0.5) is 0 Å². The summed E-state index contributed by atoms with van der Waals surface area (Å²) in [6.07, 6.45) is 2.14. The Balaban J connectivity index is 1.68. The minimum absolute atomic E-state index is 0.0167. The first-order chi connectivity index (χ1) is 10.0. The first-order valence-electron chi connectivity index (χ1n) is 8.05. The van der Waals surface area contributed by atoms with Gasteiger partial charge in [0.1, 0.15) is 13.2 Å². The standard InChI is InChI=1S/C16H27NO4/c1-4-20-5-6-21-15(18)9-17-16(19)14-8-12-7-13(14)11(3)10(12)2/h10-14H,4-9H2,1-3H3,(H,17,19). The summed E-state index contributed by atoms with van der Waals surface area (Å²) in [6, 6.07) is 0. The van der Waals surface area contributed by atoms with E-state index in [1.807, 2.05) is 6.92 Å². The van der Waals surface area contributed by atoms with Crippen LogP contribution in [0.1, 0.15) is 33.6 Å². The first-order valence-corrected chi connectivity index (χ1v) is 8.05. The lowest BCUT2D eigenvalue weighted by Crippen LogP contribution is -2.40. The molecule has 5 atom stereocenters. The summed E-state index contributed by atoms with van der Waals surface area (Å²) in [6.45, 7) is 7.64. The van der Waals surface area contributed by atoms with Gasteiger partial charge in [0.15, 0.2) is 0 Å². The monoisotopic (exact) mass is 297 g/mol. The molecule has 0 aliphatic heterocycles. The highest BCUT2D eigenvalue weighted by Crippen LogP contribution is 2.54. The Hall–Kier alpha value is -1.10. The van der Waals surface area contributed by atoms with Crippen molar-refractivity contribution < 1.29 is 19.1 Å². The SMILES string of the molecule is CCOCCOC(=O)CNC(=O)C1CC2CC1C(C)C2C.